The number of ether oxygens (including phenoxy) is 4. The van der Waals surface area contributed by atoms with E-state index >= 15 is 0 Å². The molecule has 2 radical (unpaired) electrons. The summed E-state index contributed by atoms with van der Waals surface area (Å²) in [7, 11) is 10.7. The molecule has 3 saturated heterocycles. The van der Waals surface area contributed by atoms with Gasteiger partial charge in [-0.1, -0.05) is 117 Å². The third-order valence-electron chi connectivity index (χ3n) is 10.1. The van der Waals surface area contributed by atoms with Crippen molar-refractivity contribution in [3.05, 3.63) is 120 Å². The van der Waals surface area contributed by atoms with Crippen molar-refractivity contribution in [2.24, 2.45) is 0 Å². The summed E-state index contributed by atoms with van der Waals surface area (Å²) in [6, 6.07) is 30.8. The SMILES string of the molecule is C.C1CCOC1.CN1CC(O)CCC(OCc2ccccc2)C1.CN1CC=CCC(OCc2ccccc2)C1.CN1CCC(O)CC(OCc2ccccc2)C1.[B]C. The van der Waals surface area contributed by atoms with Gasteiger partial charge in [0.2, 0.25) is 0 Å². The first kappa shape index (κ1) is 51.2. The highest BCUT2D eigenvalue weighted by atomic mass is 16.5. The van der Waals surface area contributed by atoms with Gasteiger partial charge in [-0.2, -0.15) is 0 Å². The van der Waals surface area contributed by atoms with E-state index in [2.05, 4.69) is 97.3 Å². The van der Waals surface area contributed by atoms with Crippen LogP contribution in [0.1, 0.15) is 69.1 Å². The number of aliphatic hydroxyl groups is 2. The summed E-state index contributed by atoms with van der Waals surface area (Å²) < 4.78 is 22.7. The van der Waals surface area contributed by atoms with Gasteiger partial charge in [0.1, 0.15) is 0 Å². The van der Waals surface area contributed by atoms with Gasteiger partial charge in [-0.3, -0.25) is 0 Å². The minimum absolute atomic E-state index is 0. The van der Waals surface area contributed by atoms with E-state index in [0.717, 1.165) is 84.6 Å². The van der Waals surface area contributed by atoms with E-state index in [0.29, 0.717) is 25.9 Å². The summed E-state index contributed by atoms with van der Waals surface area (Å²) in [5.74, 6) is 0. The largest absolute Gasteiger partial charge is 0.393 e. The Morgan fingerprint density at radius 2 is 1.05 bits per heavy atom. The maximum atomic E-state index is 9.77. The highest BCUT2D eigenvalue weighted by molar-refractivity contribution is 6.05. The molecule has 0 amide bonds. The molecule has 9 nitrogen and oxygen atoms in total. The number of hydrogen-bond acceptors (Lipinski definition) is 9. The molecule has 10 heteroatoms. The zero-order chi connectivity index (χ0) is 40.9. The number of β-amino-alcohol motifs (C(OH)–C–C–N with tert-alkyl or cyclic N) is 1. The normalized spacial score (nSPS) is 23.9. The minimum atomic E-state index is -0.222. The third kappa shape index (κ3) is 23.6. The van der Waals surface area contributed by atoms with Crippen molar-refractivity contribution in [1.82, 2.24) is 14.7 Å². The van der Waals surface area contributed by atoms with Crippen LogP contribution in [0.25, 0.3) is 0 Å². The lowest BCUT2D eigenvalue weighted by atomic mass is 10.1. The van der Waals surface area contributed by atoms with Crippen LogP contribution in [-0.4, -0.2) is 137 Å². The van der Waals surface area contributed by atoms with Gasteiger partial charge in [-0.05, 0) is 76.4 Å². The van der Waals surface area contributed by atoms with Crippen LogP contribution in [-0.2, 0) is 38.8 Å². The van der Waals surface area contributed by atoms with Crippen LogP contribution in [0, 0.1) is 0 Å². The van der Waals surface area contributed by atoms with Crippen LogP contribution in [0.2, 0.25) is 6.82 Å². The zero-order valence-corrected chi connectivity index (χ0v) is 35.4. The average molecular weight is 802 g/mol. The van der Waals surface area contributed by atoms with Crippen molar-refractivity contribution in [2.75, 3.05) is 73.6 Å². The molecule has 0 saturated carbocycles. The summed E-state index contributed by atoms with van der Waals surface area (Å²) in [5.41, 5.74) is 3.65. The number of hydrogen-bond donors (Lipinski definition) is 2. The van der Waals surface area contributed by atoms with Crippen molar-refractivity contribution in [3.63, 3.8) is 0 Å². The molecule has 3 fully saturated rings. The lowest BCUT2D eigenvalue weighted by Crippen LogP contribution is -2.31. The van der Waals surface area contributed by atoms with Crippen LogP contribution in [0.4, 0.5) is 0 Å². The van der Waals surface area contributed by atoms with Gasteiger partial charge in [-0.25, -0.2) is 0 Å². The Hall–Kier alpha value is -2.90. The molecule has 0 aliphatic carbocycles. The number of rotatable bonds is 9. The highest BCUT2D eigenvalue weighted by Crippen LogP contribution is 2.16. The van der Waals surface area contributed by atoms with Gasteiger partial charge in [0.05, 0.1) is 58.2 Å². The predicted octanol–water partition coefficient (Wildman–Crippen LogP) is 7.42. The van der Waals surface area contributed by atoms with Crippen molar-refractivity contribution >= 4 is 7.85 Å². The molecule has 4 aliphatic heterocycles. The van der Waals surface area contributed by atoms with Gasteiger partial charge < -0.3 is 43.9 Å². The maximum absolute atomic E-state index is 9.77. The second-order valence-corrected chi connectivity index (χ2v) is 15.4. The molecule has 0 aromatic heterocycles. The molecule has 58 heavy (non-hydrogen) atoms. The van der Waals surface area contributed by atoms with Crippen molar-refractivity contribution in [2.45, 2.75) is 110 Å². The fourth-order valence-corrected chi connectivity index (χ4v) is 6.90. The smallest absolute Gasteiger partial charge is 0.0740 e. The Bertz CT molecular complexity index is 1380. The first-order valence-electron chi connectivity index (χ1n) is 21.0. The van der Waals surface area contributed by atoms with E-state index in [9.17, 15) is 10.2 Å². The Morgan fingerprint density at radius 1 is 0.569 bits per heavy atom. The van der Waals surface area contributed by atoms with Gasteiger partial charge in [0.25, 0.3) is 0 Å². The van der Waals surface area contributed by atoms with Crippen LogP contribution in [0.5, 0.6) is 0 Å². The van der Waals surface area contributed by atoms with Gasteiger partial charge in [-0.15, -0.1) is 0 Å². The lowest BCUT2D eigenvalue weighted by Gasteiger charge is -2.20. The number of likely N-dealkylation sites (N-methyl/N-ethyl adjacent to an activating group) is 3. The highest BCUT2D eigenvalue weighted by Gasteiger charge is 2.22. The van der Waals surface area contributed by atoms with Crippen LogP contribution < -0.4 is 0 Å². The van der Waals surface area contributed by atoms with Crippen LogP contribution in [0.3, 0.4) is 0 Å². The van der Waals surface area contributed by atoms with Crippen LogP contribution in [0.15, 0.2) is 103 Å². The first-order valence-corrected chi connectivity index (χ1v) is 21.0. The molecule has 2 N–H and O–H groups in total. The van der Waals surface area contributed by atoms with Gasteiger partial charge >= 0.3 is 0 Å². The Balaban J connectivity index is 0.000000274. The Labute approximate surface area is 353 Å². The summed E-state index contributed by atoms with van der Waals surface area (Å²) in [6.07, 6.45) is 11.7. The number of aliphatic hydroxyl groups excluding tert-OH is 2. The van der Waals surface area contributed by atoms with Crippen LogP contribution >= 0.6 is 0 Å². The molecule has 7 rings (SSSR count). The second-order valence-electron chi connectivity index (χ2n) is 15.4. The van der Waals surface area contributed by atoms with E-state index in [1.165, 1.54) is 36.4 Å². The molecular formula is C48H76BN3O6. The molecule has 322 valence electrons. The monoisotopic (exact) mass is 802 g/mol. The maximum Gasteiger partial charge on any atom is 0.0740 e. The van der Waals surface area contributed by atoms with E-state index in [1.807, 2.05) is 49.5 Å². The van der Waals surface area contributed by atoms with Gasteiger partial charge in [0, 0.05) is 58.9 Å². The molecule has 4 heterocycles. The summed E-state index contributed by atoms with van der Waals surface area (Å²) in [6.45, 7) is 11.1. The van der Waals surface area contributed by atoms with Crippen molar-refractivity contribution < 1.29 is 29.2 Å². The second kappa shape index (κ2) is 32.0. The number of benzene rings is 3. The standard InChI is InChI=1S/2C14H21NO2.C14H19NO.C4H8O.CH3B.CH4/c1-15-8-7-13(16)9-14(10-15)17-11-12-5-3-2-4-6-12;1-15-9-13(16)7-8-14(10-15)17-11-12-5-3-2-4-6-12;1-15-10-6-5-9-14(11-15)16-12-13-7-3-2-4-8-13;1-2-4-5-3-1;1-2;/h2*2-6,13-14,16H,7-11H2,1H3;2-8,14H,9-12H2,1H3;1-4H2;1H3;1H4. The predicted molar refractivity (Wildman–Crippen MR) is 240 cm³/mol. The summed E-state index contributed by atoms with van der Waals surface area (Å²) >= 11 is 0. The fourth-order valence-electron chi connectivity index (χ4n) is 6.90. The molecule has 0 bridgehead atoms. The quantitative estimate of drug-likeness (QED) is 0.170. The fraction of sp³-hybridized carbons (Fsp3) is 0.583. The third-order valence-corrected chi connectivity index (χ3v) is 10.1. The minimum Gasteiger partial charge on any atom is -0.393 e. The molecule has 3 aromatic carbocycles. The number of nitrogens with zero attached hydrogens (tertiary/aromatic N) is 3. The van der Waals surface area contributed by atoms with Gasteiger partial charge in [0.15, 0.2) is 0 Å². The lowest BCUT2D eigenvalue weighted by molar-refractivity contribution is 0.00332. The number of likely N-dealkylation sites (tertiary alicyclic amines) is 2. The molecule has 0 spiro atoms. The molecular weight excluding hydrogens is 725 g/mol. The summed E-state index contributed by atoms with van der Waals surface area (Å²) in [4.78, 5) is 6.67. The van der Waals surface area contributed by atoms with E-state index in [4.69, 9.17) is 18.9 Å². The Kier molecular flexibility index (Phi) is 28.2. The molecule has 5 unspecified atom stereocenters. The van der Waals surface area contributed by atoms with E-state index in [1.54, 1.807) is 0 Å². The molecule has 4 aliphatic rings. The Morgan fingerprint density at radius 3 is 1.57 bits per heavy atom. The summed E-state index contributed by atoms with van der Waals surface area (Å²) in [5, 5.41) is 19.4. The topological polar surface area (TPSA) is 87.1 Å². The first-order chi connectivity index (χ1) is 27.8. The molecule has 5 atom stereocenters. The van der Waals surface area contributed by atoms with Crippen molar-refractivity contribution in [1.29, 1.82) is 0 Å². The molecule has 3 aromatic rings. The van der Waals surface area contributed by atoms with E-state index < -0.39 is 0 Å². The zero-order valence-electron chi connectivity index (χ0n) is 35.4. The average Bonchev–Trinajstić information content (AvgIpc) is 3.63. The van der Waals surface area contributed by atoms with Crippen molar-refractivity contribution in [3.8, 4) is 0 Å². The van der Waals surface area contributed by atoms with E-state index in [-0.39, 0.29) is 31.8 Å².